The molecule has 4 nitrogen and oxygen atoms in total. The number of rotatable bonds is 5. The summed E-state index contributed by atoms with van der Waals surface area (Å²) in [5.41, 5.74) is 0. The minimum absolute atomic E-state index is 0.504. The van der Waals surface area contributed by atoms with Gasteiger partial charge in [-0.15, -0.1) is 0 Å². The zero-order valence-electron chi connectivity index (χ0n) is 10.2. The highest BCUT2D eigenvalue weighted by Crippen LogP contribution is 2.66. The monoisotopic (exact) mass is 231 g/mol. The summed E-state index contributed by atoms with van der Waals surface area (Å²) in [5.74, 6) is 0. The Morgan fingerprint density at radius 3 is 1.67 bits per heavy atom. The molecule has 0 bridgehead atoms. The van der Waals surface area contributed by atoms with Gasteiger partial charge in [0.25, 0.3) is 7.59 Å². The van der Waals surface area contributed by atoms with E-state index in [1.807, 2.05) is 0 Å². The van der Waals surface area contributed by atoms with E-state index in [9.17, 15) is 4.57 Å². The Morgan fingerprint density at radius 2 is 1.47 bits per heavy atom. The molecule has 2 aliphatic rings. The Bertz CT molecular complexity index is 272. The van der Waals surface area contributed by atoms with Crippen LogP contribution in [0.4, 0.5) is 0 Å². The van der Waals surface area contributed by atoms with Gasteiger partial charge in [-0.1, -0.05) is 13.8 Å². The quantitative estimate of drug-likeness (QED) is 0.533. The van der Waals surface area contributed by atoms with Crippen molar-refractivity contribution in [3.8, 4) is 0 Å². The maximum atomic E-state index is 13.1. The number of nitrogens with zero attached hydrogens (tertiary/aromatic N) is 3. The molecular formula is C10H22N3OP. The molecule has 2 aliphatic heterocycles. The highest BCUT2D eigenvalue weighted by Gasteiger charge is 2.57. The average molecular weight is 231 g/mol. The molecule has 88 valence electrons. The van der Waals surface area contributed by atoms with E-state index in [2.05, 4.69) is 41.7 Å². The maximum Gasteiger partial charge on any atom is 0.287 e. The van der Waals surface area contributed by atoms with E-state index in [1.165, 1.54) is 0 Å². The zero-order chi connectivity index (χ0) is 11.2. The van der Waals surface area contributed by atoms with E-state index in [1.54, 1.807) is 0 Å². The Morgan fingerprint density at radius 1 is 1.13 bits per heavy atom. The Labute approximate surface area is 92.7 Å². The van der Waals surface area contributed by atoms with Crippen LogP contribution in [0.25, 0.3) is 0 Å². The molecule has 0 spiro atoms. The van der Waals surface area contributed by atoms with Crippen molar-refractivity contribution in [1.29, 1.82) is 0 Å². The van der Waals surface area contributed by atoms with Gasteiger partial charge in [-0.3, -0.25) is 4.57 Å². The van der Waals surface area contributed by atoms with Gasteiger partial charge in [0.2, 0.25) is 0 Å². The predicted molar refractivity (Wildman–Crippen MR) is 62.9 cm³/mol. The van der Waals surface area contributed by atoms with Crippen molar-refractivity contribution in [1.82, 2.24) is 14.0 Å². The second kappa shape index (κ2) is 3.85. The van der Waals surface area contributed by atoms with E-state index in [4.69, 9.17) is 0 Å². The highest BCUT2D eigenvalue weighted by molar-refractivity contribution is 7.57. The summed E-state index contributed by atoms with van der Waals surface area (Å²) in [5, 5.41) is 0. The summed E-state index contributed by atoms with van der Waals surface area (Å²) in [7, 11) is -2.36. The van der Waals surface area contributed by atoms with Crippen LogP contribution in [-0.4, -0.2) is 52.3 Å². The zero-order valence-corrected chi connectivity index (χ0v) is 11.1. The summed E-state index contributed by atoms with van der Waals surface area (Å²) in [6.07, 6.45) is 0. The standard InChI is InChI=1S/C10H22N3OP/c1-5-11(6-2)15(14,12-7-9(12)3)13-8-10(13)4/h9-10H,5-8H2,1-4H3/t9-,10+,12?,13?,15?. The van der Waals surface area contributed by atoms with Crippen LogP contribution in [0.3, 0.4) is 0 Å². The molecule has 2 rings (SSSR count). The molecule has 5 atom stereocenters. The lowest BCUT2D eigenvalue weighted by molar-refractivity contribution is 0.380. The molecule has 2 heterocycles. The molecule has 0 N–H and O–H groups in total. The van der Waals surface area contributed by atoms with Gasteiger partial charge in [0.05, 0.1) is 0 Å². The van der Waals surface area contributed by atoms with E-state index < -0.39 is 7.59 Å². The summed E-state index contributed by atoms with van der Waals surface area (Å²) in [4.78, 5) is 0. The van der Waals surface area contributed by atoms with Gasteiger partial charge in [-0.25, -0.2) is 14.0 Å². The van der Waals surface area contributed by atoms with E-state index in [0.717, 1.165) is 26.2 Å². The van der Waals surface area contributed by atoms with Gasteiger partial charge in [0, 0.05) is 38.3 Å². The first-order valence-corrected chi connectivity index (χ1v) is 7.51. The molecule has 0 aliphatic carbocycles. The molecule has 3 unspecified atom stereocenters. The normalized spacial score (nSPS) is 42.7. The molecule has 0 aromatic rings. The van der Waals surface area contributed by atoms with Gasteiger partial charge in [0.15, 0.2) is 0 Å². The topological polar surface area (TPSA) is 26.3 Å². The van der Waals surface area contributed by atoms with Crippen LogP contribution in [0.2, 0.25) is 0 Å². The molecule has 0 aromatic heterocycles. The highest BCUT2D eigenvalue weighted by atomic mass is 31.2. The fourth-order valence-electron chi connectivity index (χ4n) is 2.24. The van der Waals surface area contributed by atoms with Crippen molar-refractivity contribution in [2.75, 3.05) is 26.2 Å². The summed E-state index contributed by atoms with van der Waals surface area (Å²) in [6.45, 7) is 12.3. The van der Waals surface area contributed by atoms with Gasteiger partial charge in [-0.2, -0.15) is 0 Å². The van der Waals surface area contributed by atoms with E-state index in [0.29, 0.717) is 12.1 Å². The predicted octanol–water partition coefficient (Wildman–Crippen LogP) is 1.84. The fourth-order valence-corrected chi connectivity index (χ4v) is 5.85. The summed E-state index contributed by atoms with van der Waals surface area (Å²) < 4.78 is 19.6. The molecule has 5 heteroatoms. The molecule has 0 aromatic carbocycles. The maximum absolute atomic E-state index is 13.1. The van der Waals surface area contributed by atoms with Crippen LogP contribution >= 0.6 is 7.59 Å². The molecule has 2 fully saturated rings. The van der Waals surface area contributed by atoms with Crippen LogP contribution in [0.15, 0.2) is 0 Å². The van der Waals surface area contributed by atoms with Crippen molar-refractivity contribution in [3.05, 3.63) is 0 Å². The van der Waals surface area contributed by atoms with Crippen molar-refractivity contribution < 1.29 is 4.57 Å². The van der Waals surface area contributed by atoms with Gasteiger partial charge >= 0.3 is 0 Å². The second-order valence-corrected chi connectivity index (χ2v) is 7.21. The van der Waals surface area contributed by atoms with Crippen LogP contribution in [0.5, 0.6) is 0 Å². The lowest BCUT2D eigenvalue weighted by Crippen LogP contribution is -2.28. The van der Waals surface area contributed by atoms with Gasteiger partial charge in [-0.05, 0) is 13.8 Å². The SMILES string of the molecule is CCN(CC)P(=O)(N1C[C@H]1C)N1C[C@@H]1C. The lowest BCUT2D eigenvalue weighted by Gasteiger charge is -2.32. The van der Waals surface area contributed by atoms with Crippen LogP contribution in [0, 0.1) is 0 Å². The van der Waals surface area contributed by atoms with Crippen molar-refractivity contribution >= 4 is 7.59 Å². The van der Waals surface area contributed by atoms with Crippen LogP contribution < -0.4 is 0 Å². The molecule has 15 heavy (non-hydrogen) atoms. The molecule has 0 radical (unpaired) electrons. The second-order valence-electron chi connectivity index (χ2n) is 4.59. The largest absolute Gasteiger partial charge is 0.287 e. The third-order valence-corrected chi connectivity index (χ3v) is 7.18. The van der Waals surface area contributed by atoms with E-state index >= 15 is 0 Å². The third-order valence-electron chi connectivity index (χ3n) is 3.42. The van der Waals surface area contributed by atoms with E-state index in [-0.39, 0.29) is 0 Å². The molecule has 0 amide bonds. The Balaban J connectivity index is 2.19. The summed E-state index contributed by atoms with van der Waals surface area (Å²) in [6, 6.07) is 1.01. The van der Waals surface area contributed by atoms with Crippen molar-refractivity contribution in [2.24, 2.45) is 0 Å². The van der Waals surface area contributed by atoms with Gasteiger partial charge in [0.1, 0.15) is 0 Å². The minimum Gasteiger partial charge on any atom is -0.270 e. The Kier molecular flexibility index (Phi) is 2.97. The first-order valence-electron chi connectivity index (χ1n) is 5.95. The molecule has 0 saturated carbocycles. The number of hydrogen-bond donors (Lipinski definition) is 0. The van der Waals surface area contributed by atoms with Crippen LogP contribution in [0.1, 0.15) is 27.7 Å². The van der Waals surface area contributed by atoms with Crippen molar-refractivity contribution in [2.45, 2.75) is 39.8 Å². The fraction of sp³-hybridized carbons (Fsp3) is 1.00. The first kappa shape index (κ1) is 11.6. The molecule has 2 saturated heterocycles. The van der Waals surface area contributed by atoms with Gasteiger partial charge < -0.3 is 0 Å². The smallest absolute Gasteiger partial charge is 0.270 e. The molecular weight excluding hydrogens is 209 g/mol. The number of hydrogen-bond acceptors (Lipinski definition) is 1. The van der Waals surface area contributed by atoms with Crippen molar-refractivity contribution in [3.63, 3.8) is 0 Å². The lowest BCUT2D eigenvalue weighted by atomic mass is 10.6. The minimum atomic E-state index is -2.36. The third kappa shape index (κ3) is 1.78. The first-order chi connectivity index (χ1) is 7.05. The summed E-state index contributed by atoms with van der Waals surface area (Å²) >= 11 is 0. The average Bonchev–Trinajstić information content (AvgIpc) is 3.07. The van der Waals surface area contributed by atoms with Crippen LogP contribution in [-0.2, 0) is 4.57 Å². The Hall–Kier alpha value is 0.110.